The van der Waals surface area contributed by atoms with Crippen molar-refractivity contribution >= 4 is 50.6 Å². The van der Waals surface area contributed by atoms with Crippen LogP contribution in [0.15, 0.2) is 237 Å². The summed E-state index contributed by atoms with van der Waals surface area (Å²) in [7, 11) is -2.82. The number of nitriles is 1. The molecule has 0 fully saturated rings. The summed E-state index contributed by atoms with van der Waals surface area (Å²) in [4.78, 5) is 15.5. The molecule has 5 nitrogen and oxygen atoms in total. The Morgan fingerprint density at radius 2 is 0.828 bits per heavy atom. The zero-order valence-electron chi connectivity index (χ0n) is 34.8. The molecule has 0 atom stereocenters. The van der Waals surface area contributed by atoms with E-state index in [-0.39, 0.29) is 0 Å². The second-order valence-electron chi connectivity index (χ2n) is 15.9. The summed E-state index contributed by atoms with van der Waals surface area (Å²) in [6.45, 7) is 0. The van der Waals surface area contributed by atoms with Crippen LogP contribution in [0.4, 0.5) is 0 Å². The lowest BCUT2D eigenvalue weighted by molar-refractivity contribution is 1.06. The number of nitrogens with zero attached hydrogens (tertiary/aromatic N) is 5. The van der Waals surface area contributed by atoms with Gasteiger partial charge in [0.1, 0.15) is 0 Å². The van der Waals surface area contributed by atoms with Crippen LogP contribution in [0.2, 0.25) is 0 Å². The molecule has 2 aromatic heterocycles. The number of rotatable bonds is 9. The Bertz CT molecular complexity index is 3340. The first-order valence-corrected chi connectivity index (χ1v) is 23.4. The molecule has 0 bridgehead atoms. The van der Waals surface area contributed by atoms with E-state index in [4.69, 9.17) is 15.0 Å². The molecule has 0 saturated heterocycles. The van der Waals surface area contributed by atoms with Crippen LogP contribution < -0.4 is 20.7 Å². The first-order valence-electron chi connectivity index (χ1n) is 21.4. The van der Waals surface area contributed by atoms with Crippen LogP contribution in [0.3, 0.4) is 0 Å². The van der Waals surface area contributed by atoms with Crippen molar-refractivity contribution in [1.82, 2.24) is 19.5 Å². The van der Waals surface area contributed by atoms with Crippen molar-refractivity contribution < 1.29 is 0 Å². The summed E-state index contributed by atoms with van der Waals surface area (Å²) in [6.07, 6.45) is 0. The zero-order valence-corrected chi connectivity index (χ0v) is 35.8. The Morgan fingerprint density at radius 1 is 0.359 bits per heavy atom. The van der Waals surface area contributed by atoms with Gasteiger partial charge in [0, 0.05) is 27.5 Å². The van der Waals surface area contributed by atoms with Crippen LogP contribution in [0.5, 0.6) is 0 Å². The average Bonchev–Trinajstić information content (AvgIpc) is 3.71. The van der Waals surface area contributed by atoms with E-state index in [1.807, 2.05) is 72.8 Å². The van der Waals surface area contributed by atoms with Gasteiger partial charge in [-0.3, -0.25) is 0 Å². The first kappa shape index (κ1) is 38.4. The molecular formula is C58H39N5Si. The van der Waals surface area contributed by atoms with Gasteiger partial charge in [-0.2, -0.15) is 5.26 Å². The van der Waals surface area contributed by atoms with Crippen LogP contribution in [-0.4, -0.2) is 27.6 Å². The molecule has 6 heteroatoms. The summed E-state index contributed by atoms with van der Waals surface area (Å²) in [6, 6.07) is 85.7. The van der Waals surface area contributed by atoms with Crippen LogP contribution in [-0.2, 0) is 0 Å². The van der Waals surface area contributed by atoms with Gasteiger partial charge in [0.2, 0.25) is 0 Å². The second-order valence-corrected chi connectivity index (χ2v) is 19.7. The Morgan fingerprint density at radius 3 is 1.41 bits per heavy atom. The summed E-state index contributed by atoms with van der Waals surface area (Å²) in [5.74, 6) is 1.73. The van der Waals surface area contributed by atoms with E-state index < -0.39 is 8.07 Å². The minimum absolute atomic E-state index is 0.550. The van der Waals surface area contributed by atoms with Crippen molar-refractivity contribution in [2.75, 3.05) is 0 Å². The second kappa shape index (κ2) is 16.4. The van der Waals surface area contributed by atoms with Gasteiger partial charge in [-0.15, -0.1) is 0 Å². The highest BCUT2D eigenvalue weighted by Gasteiger charge is 2.41. The number of hydrogen-bond donors (Lipinski definition) is 0. The fourth-order valence-electron chi connectivity index (χ4n) is 9.31. The third-order valence-corrected chi connectivity index (χ3v) is 17.0. The fraction of sp³-hybridized carbons (Fsp3) is 0. The number of hydrogen-bond acceptors (Lipinski definition) is 4. The molecule has 0 aliphatic heterocycles. The molecule has 11 rings (SSSR count). The van der Waals surface area contributed by atoms with E-state index in [1.165, 1.54) is 20.7 Å². The van der Waals surface area contributed by atoms with E-state index in [1.54, 1.807) is 0 Å². The van der Waals surface area contributed by atoms with E-state index in [0.717, 1.165) is 55.3 Å². The topological polar surface area (TPSA) is 67.4 Å². The molecule has 0 aliphatic rings. The third kappa shape index (κ3) is 6.69. The average molecular weight is 834 g/mol. The summed E-state index contributed by atoms with van der Waals surface area (Å²) >= 11 is 0. The Balaban J connectivity index is 1.19. The van der Waals surface area contributed by atoms with Crippen molar-refractivity contribution in [2.45, 2.75) is 0 Å². The van der Waals surface area contributed by atoms with Crippen LogP contribution in [0, 0.1) is 11.3 Å². The highest BCUT2D eigenvalue weighted by atomic mass is 28.3. The van der Waals surface area contributed by atoms with E-state index >= 15 is 0 Å². The smallest absolute Gasteiger partial charge is 0.179 e. The first-order chi connectivity index (χ1) is 31.7. The molecule has 11 aromatic rings. The number of para-hydroxylation sites is 1. The molecule has 0 aliphatic carbocycles. The van der Waals surface area contributed by atoms with Crippen LogP contribution in [0.25, 0.3) is 72.8 Å². The molecule has 9 aromatic carbocycles. The van der Waals surface area contributed by atoms with Gasteiger partial charge >= 0.3 is 0 Å². The molecule has 0 spiro atoms. The van der Waals surface area contributed by atoms with Crippen LogP contribution in [0.1, 0.15) is 5.56 Å². The molecule has 2 heterocycles. The Hall–Kier alpha value is -8.50. The predicted molar refractivity (Wildman–Crippen MR) is 264 cm³/mol. The van der Waals surface area contributed by atoms with Gasteiger partial charge in [-0.25, -0.2) is 15.0 Å². The van der Waals surface area contributed by atoms with E-state index in [9.17, 15) is 5.26 Å². The Labute approximate surface area is 372 Å². The van der Waals surface area contributed by atoms with Gasteiger partial charge in [-0.1, -0.05) is 206 Å². The predicted octanol–water partition coefficient (Wildman–Crippen LogP) is 10.9. The van der Waals surface area contributed by atoms with Crippen molar-refractivity contribution in [3.8, 4) is 57.0 Å². The quantitative estimate of drug-likeness (QED) is 0.107. The van der Waals surface area contributed by atoms with Crippen molar-refractivity contribution in [3.05, 3.63) is 242 Å². The summed E-state index contributed by atoms with van der Waals surface area (Å²) in [5, 5.41) is 17.6. The number of benzene rings is 9. The molecule has 0 amide bonds. The van der Waals surface area contributed by atoms with Crippen molar-refractivity contribution in [3.63, 3.8) is 0 Å². The molecule has 0 N–H and O–H groups in total. The standard InChI is InChI=1S/C58H39N5Si/c59-40-41-33-35-51-50-31-16-17-32-53(50)63(54(51)37-41)55-39-45(34-36-52(55)58-61-56(42-19-6-1-7-20-42)60-57(62-58)43-21-8-2-9-22-43)44-23-18-30-49(38-44)64(46-24-10-3-11-25-46,47-26-12-4-13-27-47)48-28-14-5-15-29-48/h1-39H. The van der Waals surface area contributed by atoms with Gasteiger partial charge in [0.25, 0.3) is 0 Å². The molecule has 0 radical (unpaired) electrons. The maximum Gasteiger partial charge on any atom is 0.179 e. The van der Waals surface area contributed by atoms with E-state index in [0.29, 0.717) is 23.0 Å². The monoisotopic (exact) mass is 833 g/mol. The molecule has 300 valence electrons. The largest absolute Gasteiger partial charge is 0.308 e. The summed E-state index contributed by atoms with van der Waals surface area (Å²) in [5.41, 5.74) is 8.20. The lowest BCUT2D eigenvalue weighted by atomic mass is 10.0. The molecule has 64 heavy (non-hydrogen) atoms. The van der Waals surface area contributed by atoms with Crippen molar-refractivity contribution in [2.24, 2.45) is 0 Å². The molecular weight excluding hydrogens is 795 g/mol. The van der Waals surface area contributed by atoms with Gasteiger partial charge in [0.05, 0.1) is 28.4 Å². The fourth-order valence-corrected chi connectivity index (χ4v) is 14.1. The number of fused-ring (bicyclic) bond motifs is 3. The third-order valence-electron chi connectivity index (χ3n) is 12.2. The molecule has 0 unspecified atom stereocenters. The van der Waals surface area contributed by atoms with E-state index in [2.05, 4.69) is 174 Å². The van der Waals surface area contributed by atoms with Crippen molar-refractivity contribution in [1.29, 1.82) is 5.26 Å². The van der Waals surface area contributed by atoms with Crippen LogP contribution >= 0.6 is 0 Å². The highest BCUT2D eigenvalue weighted by molar-refractivity contribution is 7.19. The number of aromatic nitrogens is 4. The maximum atomic E-state index is 10.2. The van der Waals surface area contributed by atoms with Gasteiger partial charge in [0.15, 0.2) is 25.5 Å². The highest BCUT2D eigenvalue weighted by Crippen LogP contribution is 2.38. The normalized spacial score (nSPS) is 11.4. The lowest BCUT2D eigenvalue weighted by Crippen LogP contribution is -2.74. The SMILES string of the molecule is N#Cc1ccc2c3ccccc3n(-c3cc(-c4cccc([Si](c5ccccc5)(c5ccccc5)c5ccccc5)c4)ccc3-c3nc(-c4ccccc4)nc(-c4ccccc4)n3)c2c1. The summed E-state index contributed by atoms with van der Waals surface area (Å²) < 4.78 is 2.28. The zero-order chi connectivity index (χ0) is 42.9. The van der Waals surface area contributed by atoms with Gasteiger partial charge < -0.3 is 4.57 Å². The minimum Gasteiger partial charge on any atom is -0.308 e. The lowest BCUT2D eigenvalue weighted by Gasteiger charge is -2.34. The minimum atomic E-state index is -2.82. The van der Waals surface area contributed by atoms with Gasteiger partial charge in [-0.05, 0) is 62.2 Å². The molecule has 0 saturated carbocycles. The maximum absolute atomic E-state index is 10.2. The Kier molecular flexibility index (Phi) is 9.85.